The van der Waals surface area contributed by atoms with Crippen LogP contribution in [0.1, 0.15) is 5.56 Å². The Morgan fingerprint density at radius 2 is 1.63 bits per heavy atom. The summed E-state index contributed by atoms with van der Waals surface area (Å²) in [6.45, 7) is 1.19. The average Bonchev–Trinajstić information content (AvgIpc) is 2.29. The van der Waals surface area contributed by atoms with Crippen molar-refractivity contribution in [3.63, 3.8) is 0 Å². The Labute approximate surface area is 103 Å². The molecule has 1 aromatic carbocycles. The second-order valence-electron chi connectivity index (χ2n) is 3.71. The van der Waals surface area contributed by atoms with E-state index in [4.69, 9.17) is 0 Å². The van der Waals surface area contributed by atoms with E-state index in [1.54, 1.807) is 0 Å². The van der Waals surface area contributed by atoms with Crippen molar-refractivity contribution >= 4 is 22.4 Å². The molecule has 10 nitrogen and oxygen atoms in total. The minimum Gasteiger partial charge on any atom is -0.315 e. The first-order valence-electron chi connectivity index (χ1n) is 4.91. The lowest BCUT2D eigenvalue weighted by Crippen LogP contribution is -2.29. The lowest BCUT2D eigenvalue weighted by Gasteiger charge is -2.03. The number of H-pyrrole nitrogens is 2. The first kappa shape index (κ1) is 12.4. The molecule has 98 valence electrons. The molecule has 2 aromatic rings. The van der Waals surface area contributed by atoms with E-state index in [-0.39, 0.29) is 16.6 Å². The fraction of sp³-hybridized carbons (Fsp3) is 0.111. The Bertz CT molecular complexity index is 833. The molecular weight excluding hydrogens is 260 g/mol. The molecule has 0 spiro atoms. The number of fused-ring (bicyclic) bond motifs is 1. The first-order valence-corrected chi connectivity index (χ1v) is 4.91. The molecule has 0 aliphatic heterocycles. The smallest absolute Gasteiger partial charge is 0.314 e. The van der Waals surface area contributed by atoms with E-state index in [0.717, 1.165) is 6.07 Å². The highest BCUT2D eigenvalue weighted by molar-refractivity contribution is 5.88. The van der Waals surface area contributed by atoms with Crippen LogP contribution in [-0.2, 0) is 0 Å². The van der Waals surface area contributed by atoms with Gasteiger partial charge in [0, 0.05) is 6.07 Å². The molecule has 0 atom stereocenters. The Morgan fingerprint density at radius 3 is 2.16 bits per heavy atom. The van der Waals surface area contributed by atoms with E-state index in [1.807, 2.05) is 0 Å². The van der Waals surface area contributed by atoms with Gasteiger partial charge < -0.3 is 9.97 Å². The van der Waals surface area contributed by atoms with Gasteiger partial charge in [0.05, 0.1) is 15.4 Å². The zero-order valence-electron chi connectivity index (χ0n) is 9.42. The third-order valence-corrected chi connectivity index (χ3v) is 2.60. The van der Waals surface area contributed by atoms with E-state index < -0.39 is 32.3 Å². The highest BCUT2D eigenvalue weighted by Gasteiger charge is 2.26. The maximum Gasteiger partial charge on any atom is 0.314 e. The van der Waals surface area contributed by atoms with Crippen LogP contribution in [0.4, 0.5) is 11.4 Å². The molecular formula is C9H6N4O6. The molecule has 0 saturated heterocycles. The van der Waals surface area contributed by atoms with Gasteiger partial charge in [-0.1, -0.05) is 0 Å². The van der Waals surface area contributed by atoms with Crippen LogP contribution in [0.2, 0.25) is 0 Å². The summed E-state index contributed by atoms with van der Waals surface area (Å²) in [6, 6.07) is 0.967. The van der Waals surface area contributed by atoms with E-state index in [0.29, 0.717) is 0 Å². The number of aromatic nitrogens is 2. The molecule has 0 aliphatic carbocycles. The summed E-state index contributed by atoms with van der Waals surface area (Å²) in [5, 5.41) is 21.8. The van der Waals surface area contributed by atoms with Gasteiger partial charge in [0.25, 0.3) is 5.69 Å². The Balaban J connectivity index is 3.09. The molecule has 2 rings (SSSR count). The van der Waals surface area contributed by atoms with Crippen LogP contribution in [-0.4, -0.2) is 19.8 Å². The van der Waals surface area contributed by atoms with Gasteiger partial charge in [0.2, 0.25) is 0 Å². The van der Waals surface area contributed by atoms with E-state index >= 15 is 0 Å². The number of nitro groups is 2. The molecule has 0 radical (unpaired) electrons. The number of nitro benzene ring substituents is 2. The molecule has 2 N–H and O–H groups in total. The van der Waals surface area contributed by atoms with E-state index in [9.17, 15) is 29.8 Å². The average molecular weight is 266 g/mol. The fourth-order valence-electron chi connectivity index (χ4n) is 1.75. The van der Waals surface area contributed by atoms with Crippen molar-refractivity contribution in [2.45, 2.75) is 6.92 Å². The molecule has 0 amide bonds. The van der Waals surface area contributed by atoms with Crippen molar-refractivity contribution in [3.05, 3.63) is 52.6 Å². The topological polar surface area (TPSA) is 152 Å². The van der Waals surface area contributed by atoms with Crippen molar-refractivity contribution in [1.82, 2.24) is 9.97 Å². The largest absolute Gasteiger partial charge is 0.315 e. The van der Waals surface area contributed by atoms with Crippen LogP contribution < -0.4 is 11.1 Å². The molecule has 0 aliphatic rings. The quantitative estimate of drug-likeness (QED) is 0.454. The zero-order valence-corrected chi connectivity index (χ0v) is 9.42. The minimum absolute atomic E-state index is 0.173. The number of aromatic amines is 2. The summed E-state index contributed by atoms with van der Waals surface area (Å²) in [5.74, 6) is 0. The summed E-state index contributed by atoms with van der Waals surface area (Å²) in [4.78, 5) is 46.6. The number of rotatable bonds is 2. The van der Waals surface area contributed by atoms with Crippen LogP contribution >= 0.6 is 0 Å². The highest BCUT2D eigenvalue weighted by atomic mass is 16.6. The second kappa shape index (κ2) is 4.01. The number of nitrogens with one attached hydrogen (secondary N) is 2. The van der Waals surface area contributed by atoms with Gasteiger partial charge in [0.15, 0.2) is 0 Å². The molecule has 10 heteroatoms. The standard InChI is InChI=1S/C9H6N4O6/c1-3-5(12(16)17)2-4-6(7(3)13(18)19)11-9(15)8(14)10-4/h2H,1H3,(H,10,14)(H,11,15). The van der Waals surface area contributed by atoms with Crippen LogP contribution in [0, 0.1) is 27.2 Å². The molecule has 0 fully saturated rings. The van der Waals surface area contributed by atoms with Gasteiger partial charge >= 0.3 is 16.8 Å². The fourth-order valence-corrected chi connectivity index (χ4v) is 1.75. The zero-order chi connectivity index (χ0) is 14.3. The second-order valence-corrected chi connectivity index (χ2v) is 3.71. The maximum absolute atomic E-state index is 11.2. The normalized spacial score (nSPS) is 10.6. The van der Waals surface area contributed by atoms with Crippen LogP contribution in [0.15, 0.2) is 15.7 Å². The summed E-state index contributed by atoms with van der Waals surface area (Å²) in [5.41, 5.74) is -3.86. The third kappa shape index (κ3) is 1.84. The monoisotopic (exact) mass is 266 g/mol. The van der Waals surface area contributed by atoms with Crippen molar-refractivity contribution in [1.29, 1.82) is 0 Å². The Hall–Kier alpha value is -3.04. The van der Waals surface area contributed by atoms with E-state index in [1.165, 1.54) is 6.92 Å². The third-order valence-electron chi connectivity index (χ3n) is 2.60. The molecule has 19 heavy (non-hydrogen) atoms. The van der Waals surface area contributed by atoms with Crippen molar-refractivity contribution in [2.24, 2.45) is 0 Å². The van der Waals surface area contributed by atoms with Gasteiger partial charge in [-0.05, 0) is 6.92 Å². The Kier molecular flexibility index (Phi) is 2.62. The van der Waals surface area contributed by atoms with Gasteiger partial charge in [-0.2, -0.15) is 0 Å². The Morgan fingerprint density at radius 1 is 1.05 bits per heavy atom. The number of hydrogen-bond donors (Lipinski definition) is 2. The van der Waals surface area contributed by atoms with Crippen LogP contribution in [0.3, 0.4) is 0 Å². The molecule has 1 aromatic heterocycles. The molecule has 1 heterocycles. The van der Waals surface area contributed by atoms with Crippen molar-refractivity contribution in [2.75, 3.05) is 0 Å². The van der Waals surface area contributed by atoms with Crippen LogP contribution in [0.5, 0.6) is 0 Å². The predicted molar refractivity (Wildman–Crippen MR) is 63.2 cm³/mol. The van der Waals surface area contributed by atoms with Crippen molar-refractivity contribution < 1.29 is 9.85 Å². The SMILES string of the molecule is Cc1c([N+](=O)[O-])cc2[nH]c(=O)c(=O)[nH]c2c1[N+](=O)[O-]. The van der Waals surface area contributed by atoms with E-state index in [2.05, 4.69) is 9.97 Å². The lowest BCUT2D eigenvalue weighted by molar-refractivity contribution is -0.394. The van der Waals surface area contributed by atoms with Gasteiger partial charge in [0.1, 0.15) is 11.1 Å². The molecule has 0 unspecified atom stereocenters. The highest BCUT2D eigenvalue weighted by Crippen LogP contribution is 2.32. The van der Waals surface area contributed by atoms with Crippen LogP contribution in [0.25, 0.3) is 11.0 Å². The summed E-state index contributed by atoms with van der Waals surface area (Å²) < 4.78 is 0. The predicted octanol–water partition coefficient (Wildman–Crippen LogP) is 0.341. The number of benzene rings is 1. The minimum atomic E-state index is -1.07. The lowest BCUT2D eigenvalue weighted by atomic mass is 10.1. The first-order chi connectivity index (χ1) is 8.82. The van der Waals surface area contributed by atoms with Gasteiger partial charge in [-0.25, -0.2) is 0 Å². The summed E-state index contributed by atoms with van der Waals surface area (Å²) >= 11 is 0. The number of nitrogens with zero attached hydrogens (tertiary/aromatic N) is 2. The van der Waals surface area contributed by atoms with Gasteiger partial charge in [-0.3, -0.25) is 29.8 Å². The number of hydrogen-bond acceptors (Lipinski definition) is 6. The van der Waals surface area contributed by atoms with Crippen molar-refractivity contribution in [3.8, 4) is 0 Å². The summed E-state index contributed by atoms with van der Waals surface area (Å²) in [7, 11) is 0. The van der Waals surface area contributed by atoms with Gasteiger partial charge in [-0.15, -0.1) is 0 Å². The summed E-state index contributed by atoms with van der Waals surface area (Å²) in [6.07, 6.45) is 0. The molecule has 0 saturated carbocycles. The maximum atomic E-state index is 11.2. The molecule has 0 bridgehead atoms.